The number of aromatic nitrogens is 2. The Kier molecular flexibility index (Phi) is 12.1. The number of hydrogen-bond donors (Lipinski definition) is 0. The number of hydrogen-bond acceptors (Lipinski definition) is 9. The number of benzene rings is 5. The molecule has 0 saturated carbocycles. The number of ether oxygens (including phenoxy) is 1. The van der Waals surface area contributed by atoms with E-state index >= 15 is 4.79 Å². The fourth-order valence-corrected chi connectivity index (χ4v) is 10.7. The molecular weight excluding hydrogens is 817 g/mol. The Bertz CT molecular complexity index is 2740. The van der Waals surface area contributed by atoms with Gasteiger partial charge in [-0.1, -0.05) is 133 Å². The molecule has 0 radical (unpaired) electrons. The second-order valence-electron chi connectivity index (χ2n) is 17.9. The Morgan fingerprint density at radius 1 is 0.773 bits per heavy atom. The molecule has 2 unspecified atom stereocenters. The summed E-state index contributed by atoms with van der Waals surface area (Å²) in [7, 11) is 2.15. The maximum Gasteiger partial charge on any atom is 0.318 e. The number of carbonyl (C=O) groups excluding carboxylic acids is 1. The molecule has 332 valence electrons. The smallest absolute Gasteiger partial charge is 0.318 e. The summed E-state index contributed by atoms with van der Waals surface area (Å²) in [6.07, 6.45) is 13.0. The van der Waals surface area contributed by atoms with Crippen molar-refractivity contribution in [3.8, 4) is 12.1 Å². The number of nitriles is 1. The third-order valence-electron chi connectivity index (χ3n) is 14.0. The lowest BCUT2D eigenvalue weighted by Crippen LogP contribution is -2.58. The molecule has 4 aliphatic rings. The third-order valence-corrected chi connectivity index (χ3v) is 14.0. The van der Waals surface area contributed by atoms with E-state index in [0.29, 0.717) is 50.5 Å². The van der Waals surface area contributed by atoms with Crippen molar-refractivity contribution in [2.45, 2.75) is 56.8 Å². The van der Waals surface area contributed by atoms with E-state index in [1.54, 1.807) is 0 Å². The summed E-state index contributed by atoms with van der Waals surface area (Å²) in [5, 5.41) is 12.9. The number of anilines is 2. The zero-order valence-corrected chi connectivity index (χ0v) is 37.8. The minimum absolute atomic E-state index is 0.131. The van der Waals surface area contributed by atoms with Crippen LogP contribution in [0, 0.1) is 18.3 Å². The summed E-state index contributed by atoms with van der Waals surface area (Å²) in [4.78, 5) is 37.0. The zero-order chi connectivity index (χ0) is 45.0. The van der Waals surface area contributed by atoms with E-state index in [1.807, 2.05) is 53.6 Å². The number of nitrogens with zero attached hydrogens (tertiary/aromatic N) is 8. The van der Waals surface area contributed by atoms with Gasteiger partial charge in [-0.15, -0.1) is 0 Å². The van der Waals surface area contributed by atoms with Crippen LogP contribution in [0.3, 0.4) is 0 Å². The van der Waals surface area contributed by atoms with Crippen LogP contribution in [0.15, 0.2) is 164 Å². The largest absolute Gasteiger partial charge is 0.462 e. The number of allylic oxidation sites excluding steroid dienone is 4. The Morgan fingerprint density at radius 2 is 1.47 bits per heavy atom. The number of likely N-dealkylation sites (tertiary alicyclic amines) is 1. The number of amides is 1. The highest BCUT2D eigenvalue weighted by Crippen LogP contribution is 2.46. The maximum atomic E-state index is 15.6. The standard InChI is InChI=1S/C56H56N8O2/c1-41-18-15-19-42-20-16-29-50(52(41)42)61-35-31-48-49(39-61)58-55(66-40-47-27-17-33-60(47)2)59-53(48)62-36-37-63(46(38-62)30-32-57)54(65)51-28-13-6-14-34-64(51)56(43-21-7-3-8-22-43,44-23-9-4-10-24-44)45-25-11-5-12-26-45/h3-16,18-26,28-29,34,46-47H,17,27,30-31,33,35-40H2,1-2H3. The highest BCUT2D eigenvalue weighted by atomic mass is 16.5. The Hall–Kier alpha value is -7.22. The first-order valence-electron chi connectivity index (χ1n) is 23.3. The summed E-state index contributed by atoms with van der Waals surface area (Å²) in [5.41, 5.74) is 7.18. The number of piperazine rings is 1. The molecule has 0 bridgehead atoms. The molecule has 10 rings (SSSR count). The quantitative estimate of drug-likeness (QED) is 0.118. The van der Waals surface area contributed by atoms with Gasteiger partial charge in [0.1, 0.15) is 23.7 Å². The van der Waals surface area contributed by atoms with Crippen molar-refractivity contribution in [2.24, 2.45) is 0 Å². The van der Waals surface area contributed by atoms with Crippen molar-refractivity contribution in [3.05, 3.63) is 197 Å². The van der Waals surface area contributed by atoms with E-state index < -0.39 is 11.6 Å². The van der Waals surface area contributed by atoms with Crippen molar-refractivity contribution in [1.29, 1.82) is 5.26 Å². The van der Waals surface area contributed by atoms with Gasteiger partial charge in [0, 0.05) is 55.1 Å². The van der Waals surface area contributed by atoms with Crippen LogP contribution < -0.4 is 14.5 Å². The van der Waals surface area contributed by atoms with Gasteiger partial charge in [0.2, 0.25) is 0 Å². The van der Waals surface area contributed by atoms with Crippen molar-refractivity contribution in [2.75, 3.05) is 56.2 Å². The summed E-state index contributed by atoms with van der Waals surface area (Å²) in [5.74, 6) is 0.713. The fourth-order valence-electron chi connectivity index (χ4n) is 10.7. The molecule has 0 N–H and O–H groups in total. The Labute approximate surface area is 388 Å². The molecular formula is C56H56N8O2. The highest BCUT2D eigenvalue weighted by Gasteiger charge is 2.46. The molecule has 1 amide bonds. The van der Waals surface area contributed by atoms with Crippen molar-refractivity contribution in [3.63, 3.8) is 0 Å². The molecule has 5 heterocycles. The average Bonchev–Trinajstić information content (AvgIpc) is 3.62. The van der Waals surface area contributed by atoms with E-state index in [2.05, 4.69) is 149 Å². The van der Waals surface area contributed by atoms with E-state index in [-0.39, 0.29) is 12.3 Å². The molecule has 0 aliphatic carbocycles. The monoisotopic (exact) mass is 872 g/mol. The summed E-state index contributed by atoms with van der Waals surface area (Å²) < 4.78 is 6.51. The molecule has 1 aromatic heterocycles. The molecule has 4 aliphatic heterocycles. The van der Waals surface area contributed by atoms with Gasteiger partial charge in [0.25, 0.3) is 5.91 Å². The van der Waals surface area contributed by atoms with Crippen LogP contribution in [-0.4, -0.2) is 89.0 Å². The second kappa shape index (κ2) is 18.7. The number of rotatable bonds is 11. The second-order valence-corrected chi connectivity index (χ2v) is 17.9. The van der Waals surface area contributed by atoms with Crippen molar-refractivity contribution < 1.29 is 9.53 Å². The lowest BCUT2D eigenvalue weighted by Gasteiger charge is -2.48. The first-order valence-corrected chi connectivity index (χ1v) is 23.3. The number of likely N-dealkylation sites (N-methyl/N-ethyl adjacent to an activating group) is 1. The number of fused-ring (bicyclic) bond motifs is 2. The molecule has 66 heavy (non-hydrogen) atoms. The maximum absolute atomic E-state index is 15.6. The van der Waals surface area contributed by atoms with Gasteiger partial charge in [-0.25, -0.2) is 0 Å². The van der Waals surface area contributed by atoms with Gasteiger partial charge >= 0.3 is 6.01 Å². The van der Waals surface area contributed by atoms with E-state index in [0.717, 1.165) is 66.1 Å². The van der Waals surface area contributed by atoms with Gasteiger partial charge < -0.3 is 29.2 Å². The summed E-state index contributed by atoms with van der Waals surface area (Å²) in [6.45, 7) is 6.57. The average molecular weight is 873 g/mol. The normalized spacial score (nSPS) is 18.8. The van der Waals surface area contributed by atoms with Crippen LogP contribution in [0.5, 0.6) is 6.01 Å². The van der Waals surface area contributed by atoms with Gasteiger partial charge in [-0.2, -0.15) is 15.2 Å². The summed E-state index contributed by atoms with van der Waals surface area (Å²) >= 11 is 0. The third kappa shape index (κ3) is 7.98. The number of aryl methyl sites for hydroxylation is 1. The lowest BCUT2D eigenvalue weighted by atomic mass is 9.75. The molecule has 5 aromatic carbocycles. The van der Waals surface area contributed by atoms with Gasteiger partial charge in [-0.05, 0) is 85.6 Å². The molecule has 2 saturated heterocycles. The lowest BCUT2D eigenvalue weighted by molar-refractivity contribution is -0.131. The van der Waals surface area contributed by atoms with Crippen LogP contribution in [0.25, 0.3) is 10.8 Å². The van der Waals surface area contributed by atoms with Gasteiger partial charge in [-0.3, -0.25) is 4.79 Å². The predicted octanol–water partition coefficient (Wildman–Crippen LogP) is 9.17. The molecule has 6 aromatic rings. The molecule has 10 heteroatoms. The first kappa shape index (κ1) is 42.7. The molecule has 10 nitrogen and oxygen atoms in total. The minimum Gasteiger partial charge on any atom is -0.462 e. The van der Waals surface area contributed by atoms with E-state index in [1.165, 1.54) is 22.0 Å². The Balaban J connectivity index is 0.999. The van der Waals surface area contributed by atoms with E-state index in [9.17, 15) is 5.26 Å². The Morgan fingerprint density at radius 3 is 2.14 bits per heavy atom. The van der Waals surface area contributed by atoms with Crippen LogP contribution >= 0.6 is 0 Å². The molecule has 0 spiro atoms. The van der Waals surface area contributed by atoms with Crippen LogP contribution in [0.1, 0.15) is 52.8 Å². The van der Waals surface area contributed by atoms with Crippen molar-refractivity contribution >= 4 is 28.2 Å². The number of carbonyl (C=O) groups is 1. The van der Waals surface area contributed by atoms with Crippen LogP contribution in [-0.2, 0) is 23.3 Å². The topological polar surface area (TPSA) is 92.1 Å². The minimum atomic E-state index is -0.914. The summed E-state index contributed by atoms with van der Waals surface area (Å²) in [6, 6.07) is 47.0. The zero-order valence-electron chi connectivity index (χ0n) is 37.8. The fraction of sp³-hybridized carbons (Fsp3) is 0.286. The predicted molar refractivity (Wildman–Crippen MR) is 262 cm³/mol. The SMILES string of the molecule is Cc1cccc2cccc(N3CCc4c(nc(OCC5CCCN5C)nc4N4CCN(C(=O)C5=CC=CC=CN5C(c5ccccc5)(c5ccccc5)c5ccccc5)C(CC#N)C4)C3)c12. The van der Waals surface area contributed by atoms with Gasteiger partial charge in [0.15, 0.2) is 0 Å². The molecule has 2 fully saturated rings. The van der Waals surface area contributed by atoms with Crippen LogP contribution in [0.4, 0.5) is 11.5 Å². The highest BCUT2D eigenvalue weighted by molar-refractivity contribution is 5.97. The molecule has 2 atom stereocenters. The van der Waals surface area contributed by atoms with Crippen molar-refractivity contribution in [1.82, 2.24) is 24.7 Å². The van der Waals surface area contributed by atoms with E-state index in [4.69, 9.17) is 14.7 Å². The van der Waals surface area contributed by atoms with Crippen LogP contribution in [0.2, 0.25) is 0 Å². The van der Waals surface area contributed by atoms with Gasteiger partial charge in [0.05, 0.1) is 30.8 Å². The first-order chi connectivity index (χ1) is 32.4.